The minimum absolute atomic E-state index is 0.0608. The quantitative estimate of drug-likeness (QED) is 0.888. The predicted molar refractivity (Wildman–Crippen MR) is 90.8 cm³/mol. The molecule has 1 aliphatic heterocycles. The lowest BCUT2D eigenvalue weighted by atomic mass is 10.1. The minimum Gasteiger partial charge on any atom is -0.478 e. The number of carbonyl (C=O) groups is 2. The average Bonchev–Trinajstić information content (AvgIpc) is 2.67. The first-order valence-electron chi connectivity index (χ1n) is 8.17. The number of carboxylic acid groups (broad SMARTS) is 1. The maximum absolute atomic E-state index is 12.6. The fraction of sp³-hybridized carbons (Fsp3) is 0.278. The van der Waals surface area contributed by atoms with E-state index in [1.165, 1.54) is 23.1 Å². The first-order valence-corrected chi connectivity index (χ1v) is 8.17. The molecule has 3 rings (SSSR count). The number of aromatic nitrogens is 1. The Morgan fingerprint density at radius 2 is 1.59 bits per heavy atom. The topological polar surface area (TPSA) is 73.7 Å². The van der Waals surface area contributed by atoms with Crippen LogP contribution in [0.25, 0.3) is 0 Å². The summed E-state index contributed by atoms with van der Waals surface area (Å²) in [4.78, 5) is 31.1. The van der Waals surface area contributed by atoms with Gasteiger partial charge < -0.3 is 14.9 Å². The van der Waals surface area contributed by atoms with Crippen LogP contribution < -0.4 is 4.90 Å². The van der Waals surface area contributed by atoms with E-state index in [1.807, 2.05) is 0 Å². The van der Waals surface area contributed by atoms with E-state index in [4.69, 9.17) is 0 Å². The maximum Gasteiger partial charge on any atom is 0.417 e. The van der Waals surface area contributed by atoms with Crippen LogP contribution in [0, 0.1) is 0 Å². The largest absolute Gasteiger partial charge is 0.478 e. The second-order valence-corrected chi connectivity index (χ2v) is 6.03. The fourth-order valence-corrected chi connectivity index (χ4v) is 2.91. The molecule has 2 heterocycles. The highest BCUT2D eigenvalue weighted by molar-refractivity contribution is 6.04. The van der Waals surface area contributed by atoms with E-state index in [-0.39, 0.29) is 17.0 Å². The summed E-state index contributed by atoms with van der Waals surface area (Å²) >= 11 is 0. The molecule has 1 saturated heterocycles. The van der Waals surface area contributed by atoms with Crippen LogP contribution in [-0.4, -0.2) is 53.0 Å². The highest BCUT2D eigenvalue weighted by Crippen LogP contribution is 2.29. The summed E-state index contributed by atoms with van der Waals surface area (Å²) in [6.45, 7) is 1.41. The van der Waals surface area contributed by atoms with E-state index >= 15 is 0 Å². The third-order valence-corrected chi connectivity index (χ3v) is 4.35. The molecule has 0 aliphatic carbocycles. The molecule has 0 radical (unpaired) electrons. The van der Waals surface area contributed by atoms with E-state index < -0.39 is 17.7 Å². The van der Waals surface area contributed by atoms with E-state index in [0.29, 0.717) is 32.0 Å². The van der Waals surface area contributed by atoms with Gasteiger partial charge in [-0.15, -0.1) is 0 Å². The summed E-state index contributed by atoms with van der Waals surface area (Å²) in [5.74, 6) is -1.15. The molecule has 0 bridgehead atoms. The van der Waals surface area contributed by atoms with Crippen molar-refractivity contribution >= 4 is 17.7 Å². The molecule has 142 valence electrons. The van der Waals surface area contributed by atoms with Gasteiger partial charge in [-0.1, -0.05) is 12.1 Å². The Balaban J connectivity index is 1.67. The summed E-state index contributed by atoms with van der Waals surface area (Å²) in [5, 5.41) is 9.22. The Hall–Kier alpha value is -3.10. The number of hydrogen-bond donors (Lipinski definition) is 1. The van der Waals surface area contributed by atoms with Crippen molar-refractivity contribution in [2.45, 2.75) is 6.18 Å². The fourth-order valence-electron chi connectivity index (χ4n) is 2.91. The van der Waals surface area contributed by atoms with Crippen molar-refractivity contribution in [1.29, 1.82) is 0 Å². The van der Waals surface area contributed by atoms with E-state index in [1.54, 1.807) is 17.0 Å². The van der Waals surface area contributed by atoms with Gasteiger partial charge in [-0.05, 0) is 24.3 Å². The molecule has 27 heavy (non-hydrogen) atoms. The number of amides is 1. The maximum atomic E-state index is 12.6. The molecule has 6 nitrogen and oxygen atoms in total. The van der Waals surface area contributed by atoms with Crippen LogP contribution >= 0.6 is 0 Å². The van der Waals surface area contributed by atoms with Gasteiger partial charge in [0, 0.05) is 32.4 Å². The van der Waals surface area contributed by atoms with Crippen molar-refractivity contribution in [2.24, 2.45) is 0 Å². The molecule has 0 atom stereocenters. The lowest BCUT2D eigenvalue weighted by Gasteiger charge is -2.35. The van der Waals surface area contributed by atoms with Gasteiger partial charge in [0.25, 0.3) is 5.91 Å². The molecule has 1 aromatic heterocycles. The number of benzene rings is 1. The number of nitrogens with zero attached hydrogens (tertiary/aromatic N) is 3. The molecule has 1 amide bonds. The van der Waals surface area contributed by atoms with Gasteiger partial charge in [0.2, 0.25) is 0 Å². The summed E-state index contributed by atoms with van der Waals surface area (Å²) in [6.07, 6.45) is -3.65. The van der Waals surface area contributed by atoms with Crippen molar-refractivity contribution in [3.63, 3.8) is 0 Å². The van der Waals surface area contributed by atoms with Crippen LogP contribution in [-0.2, 0) is 6.18 Å². The van der Waals surface area contributed by atoms with Crippen molar-refractivity contribution < 1.29 is 27.9 Å². The van der Waals surface area contributed by atoms with Crippen molar-refractivity contribution in [3.05, 3.63) is 59.3 Å². The van der Waals surface area contributed by atoms with Gasteiger partial charge in [-0.25, -0.2) is 9.78 Å². The number of hydrogen-bond acceptors (Lipinski definition) is 4. The van der Waals surface area contributed by atoms with Gasteiger partial charge >= 0.3 is 12.1 Å². The van der Waals surface area contributed by atoms with E-state index in [9.17, 15) is 27.9 Å². The molecule has 1 fully saturated rings. The summed E-state index contributed by atoms with van der Waals surface area (Å²) in [5.41, 5.74) is -0.759. The smallest absolute Gasteiger partial charge is 0.417 e. The Bertz CT molecular complexity index is 845. The van der Waals surface area contributed by atoms with Crippen molar-refractivity contribution in [1.82, 2.24) is 9.88 Å². The highest BCUT2D eigenvalue weighted by Gasteiger charge is 2.31. The Morgan fingerprint density at radius 1 is 0.963 bits per heavy atom. The summed E-state index contributed by atoms with van der Waals surface area (Å²) in [7, 11) is 0. The number of pyridine rings is 1. The molecule has 9 heteroatoms. The molecule has 0 spiro atoms. The molecular weight excluding hydrogens is 363 g/mol. The second-order valence-electron chi connectivity index (χ2n) is 6.03. The van der Waals surface area contributed by atoms with Crippen LogP contribution in [0.5, 0.6) is 0 Å². The molecule has 1 aromatic carbocycles. The van der Waals surface area contributed by atoms with Gasteiger partial charge in [-0.3, -0.25) is 4.79 Å². The van der Waals surface area contributed by atoms with Crippen LogP contribution in [0.1, 0.15) is 26.3 Å². The van der Waals surface area contributed by atoms with Crippen molar-refractivity contribution in [3.8, 4) is 0 Å². The van der Waals surface area contributed by atoms with Gasteiger partial charge in [-0.2, -0.15) is 13.2 Å². The molecule has 0 unspecified atom stereocenters. The van der Waals surface area contributed by atoms with Crippen LogP contribution in [0.4, 0.5) is 19.0 Å². The number of anilines is 1. The number of alkyl halides is 3. The summed E-state index contributed by atoms with van der Waals surface area (Å²) < 4.78 is 37.8. The lowest BCUT2D eigenvalue weighted by Crippen LogP contribution is -2.49. The Labute approximate surface area is 152 Å². The second kappa shape index (κ2) is 7.26. The van der Waals surface area contributed by atoms with Gasteiger partial charge in [0.15, 0.2) is 0 Å². The first kappa shape index (κ1) is 18.7. The lowest BCUT2D eigenvalue weighted by molar-refractivity contribution is -0.137. The first-order chi connectivity index (χ1) is 12.8. The zero-order chi connectivity index (χ0) is 19.6. The third kappa shape index (κ3) is 4.02. The zero-order valence-corrected chi connectivity index (χ0v) is 14.1. The number of piperazine rings is 1. The summed E-state index contributed by atoms with van der Waals surface area (Å²) in [6, 6.07) is 8.27. The predicted octanol–water partition coefficient (Wildman–Crippen LogP) is 2.76. The van der Waals surface area contributed by atoms with Crippen molar-refractivity contribution in [2.75, 3.05) is 31.1 Å². The Kier molecular flexibility index (Phi) is 5.02. The van der Waals surface area contributed by atoms with Crippen LogP contribution in [0.3, 0.4) is 0 Å². The molecule has 1 N–H and O–H groups in total. The number of halogens is 3. The van der Waals surface area contributed by atoms with E-state index in [2.05, 4.69) is 4.98 Å². The number of rotatable bonds is 3. The normalized spacial score (nSPS) is 14.9. The number of carbonyl (C=O) groups excluding carboxylic acids is 1. The number of aromatic carboxylic acids is 1. The zero-order valence-electron chi connectivity index (χ0n) is 14.1. The van der Waals surface area contributed by atoms with E-state index in [0.717, 1.165) is 12.3 Å². The SMILES string of the molecule is O=C(O)c1ccccc1C(=O)N1CCN(c2ccc(C(F)(F)F)cn2)CC1. The monoisotopic (exact) mass is 379 g/mol. The number of carboxylic acids is 1. The molecule has 1 aliphatic rings. The average molecular weight is 379 g/mol. The minimum atomic E-state index is -4.44. The van der Waals surface area contributed by atoms with Crippen LogP contribution in [0.15, 0.2) is 42.6 Å². The standard InChI is InChI=1S/C18H16F3N3O3/c19-18(20,21)12-5-6-15(22-11-12)23-7-9-24(10-8-23)16(25)13-3-1-2-4-14(13)17(26)27/h1-6,11H,7-10H2,(H,26,27). The molecular formula is C18H16F3N3O3. The Morgan fingerprint density at radius 3 is 2.11 bits per heavy atom. The molecule has 2 aromatic rings. The van der Waals surface area contributed by atoms with Gasteiger partial charge in [0.05, 0.1) is 16.7 Å². The highest BCUT2D eigenvalue weighted by atomic mass is 19.4. The van der Waals surface area contributed by atoms with Crippen LogP contribution in [0.2, 0.25) is 0 Å². The van der Waals surface area contributed by atoms with Gasteiger partial charge in [0.1, 0.15) is 5.82 Å². The third-order valence-electron chi connectivity index (χ3n) is 4.35. The molecule has 0 saturated carbocycles.